The molecule has 2 aliphatic rings. The molecular formula is C8H11NO3. The van der Waals surface area contributed by atoms with Crippen LogP contribution in [0.25, 0.3) is 0 Å². The first-order chi connectivity index (χ1) is 5.73. The zero-order valence-electron chi connectivity index (χ0n) is 6.67. The summed E-state index contributed by atoms with van der Waals surface area (Å²) in [5, 5.41) is 12.2. The van der Waals surface area contributed by atoms with Crippen LogP contribution in [0.5, 0.6) is 0 Å². The van der Waals surface area contributed by atoms with E-state index in [1.165, 1.54) is 6.08 Å². The number of aliphatic hydroxyl groups excluding tert-OH is 1. The first-order valence-corrected chi connectivity index (χ1v) is 4.04. The Labute approximate surface area is 70.2 Å². The maximum atomic E-state index is 10.9. The van der Waals surface area contributed by atoms with Crippen molar-refractivity contribution in [1.29, 1.82) is 0 Å². The lowest BCUT2D eigenvalue weighted by molar-refractivity contribution is -0.118. The number of nitrogens with one attached hydrogen (secondary N) is 1. The Kier molecular flexibility index (Phi) is 1.58. The average Bonchev–Trinajstić information content (AvgIpc) is 2.29. The Morgan fingerprint density at radius 3 is 3.00 bits per heavy atom. The monoisotopic (exact) mass is 169 g/mol. The summed E-state index contributed by atoms with van der Waals surface area (Å²) < 4.78 is 5.21. The zero-order chi connectivity index (χ0) is 8.60. The highest BCUT2D eigenvalue weighted by Crippen LogP contribution is 2.28. The summed E-state index contributed by atoms with van der Waals surface area (Å²) in [4.78, 5) is 10.9. The van der Waals surface area contributed by atoms with Crippen LogP contribution in [0.1, 0.15) is 12.8 Å². The summed E-state index contributed by atoms with van der Waals surface area (Å²) in [6.45, 7) is 1.10. The molecule has 12 heavy (non-hydrogen) atoms. The molecule has 1 atom stereocenters. The number of carbonyl (C=O) groups excluding carboxylic acids is 1. The summed E-state index contributed by atoms with van der Waals surface area (Å²) in [5.41, 5.74) is -0.602. The van der Waals surface area contributed by atoms with E-state index in [4.69, 9.17) is 4.74 Å². The molecule has 0 aromatic rings. The second kappa shape index (κ2) is 2.48. The third-order valence-electron chi connectivity index (χ3n) is 2.36. The van der Waals surface area contributed by atoms with Crippen molar-refractivity contribution in [2.24, 2.45) is 0 Å². The third-order valence-corrected chi connectivity index (χ3v) is 2.36. The molecule has 1 amide bonds. The van der Waals surface area contributed by atoms with E-state index in [-0.39, 0.29) is 11.7 Å². The highest BCUT2D eigenvalue weighted by atomic mass is 16.5. The highest BCUT2D eigenvalue weighted by molar-refractivity contribution is 5.92. The van der Waals surface area contributed by atoms with Gasteiger partial charge in [0, 0.05) is 12.7 Å². The minimum absolute atomic E-state index is 0.118. The fraction of sp³-hybridized carbons (Fsp3) is 0.625. The van der Waals surface area contributed by atoms with Crippen molar-refractivity contribution < 1.29 is 14.6 Å². The molecule has 2 heterocycles. The molecule has 4 heteroatoms. The van der Waals surface area contributed by atoms with Crippen molar-refractivity contribution in [1.82, 2.24) is 5.32 Å². The number of hydrogen-bond acceptors (Lipinski definition) is 3. The first kappa shape index (κ1) is 7.61. The highest BCUT2D eigenvalue weighted by Gasteiger charge is 2.42. The lowest BCUT2D eigenvalue weighted by Crippen LogP contribution is -2.50. The molecule has 0 radical (unpaired) electrons. The van der Waals surface area contributed by atoms with Crippen LogP contribution >= 0.6 is 0 Å². The smallest absolute Gasteiger partial charge is 0.248 e. The SMILES string of the molecule is O=C1C=C(O)C2(CCCOC2)N1. The van der Waals surface area contributed by atoms with Gasteiger partial charge in [0.2, 0.25) is 5.91 Å². The molecule has 0 aromatic heterocycles. The van der Waals surface area contributed by atoms with Crippen LogP contribution < -0.4 is 5.32 Å². The van der Waals surface area contributed by atoms with Crippen molar-refractivity contribution in [3.05, 3.63) is 11.8 Å². The topological polar surface area (TPSA) is 58.6 Å². The van der Waals surface area contributed by atoms with Gasteiger partial charge in [-0.1, -0.05) is 0 Å². The summed E-state index contributed by atoms with van der Waals surface area (Å²) in [6.07, 6.45) is 2.87. The molecule has 2 rings (SSSR count). The Hall–Kier alpha value is -1.03. The van der Waals surface area contributed by atoms with Crippen molar-refractivity contribution in [3.8, 4) is 0 Å². The Morgan fingerprint density at radius 2 is 2.50 bits per heavy atom. The van der Waals surface area contributed by atoms with Crippen LogP contribution in [-0.4, -0.2) is 29.8 Å². The minimum Gasteiger partial charge on any atom is -0.510 e. The molecular weight excluding hydrogens is 158 g/mol. The molecule has 0 bridgehead atoms. The Balaban J connectivity index is 2.21. The fourth-order valence-corrected chi connectivity index (χ4v) is 1.69. The lowest BCUT2D eigenvalue weighted by Gasteiger charge is -2.33. The number of rotatable bonds is 0. The minimum atomic E-state index is -0.602. The number of hydrogen-bond donors (Lipinski definition) is 2. The molecule has 4 nitrogen and oxygen atoms in total. The van der Waals surface area contributed by atoms with Gasteiger partial charge in [0.05, 0.1) is 6.61 Å². The predicted octanol–water partition coefficient (Wildman–Crippen LogP) is 0.107. The van der Waals surface area contributed by atoms with Gasteiger partial charge in [-0.2, -0.15) is 0 Å². The number of amides is 1. The van der Waals surface area contributed by atoms with Gasteiger partial charge in [-0.3, -0.25) is 4.79 Å². The van der Waals surface area contributed by atoms with Crippen molar-refractivity contribution >= 4 is 5.91 Å². The van der Waals surface area contributed by atoms with Gasteiger partial charge in [-0.25, -0.2) is 0 Å². The quantitative estimate of drug-likeness (QED) is 0.541. The average molecular weight is 169 g/mol. The molecule has 1 saturated heterocycles. The van der Waals surface area contributed by atoms with Gasteiger partial charge in [-0.15, -0.1) is 0 Å². The molecule has 0 aliphatic carbocycles. The second-order valence-corrected chi connectivity index (χ2v) is 3.26. The number of ether oxygens (including phenoxy) is 1. The number of aliphatic hydroxyl groups is 1. The lowest BCUT2D eigenvalue weighted by atomic mass is 9.92. The molecule has 1 unspecified atom stereocenters. The molecule has 2 aliphatic heterocycles. The van der Waals surface area contributed by atoms with E-state index in [1.807, 2.05) is 0 Å². The van der Waals surface area contributed by atoms with E-state index < -0.39 is 5.54 Å². The van der Waals surface area contributed by atoms with E-state index in [0.717, 1.165) is 12.8 Å². The van der Waals surface area contributed by atoms with Crippen LogP contribution in [0.3, 0.4) is 0 Å². The fourth-order valence-electron chi connectivity index (χ4n) is 1.69. The van der Waals surface area contributed by atoms with Crippen molar-refractivity contribution in [2.75, 3.05) is 13.2 Å². The standard InChI is InChI=1S/C8H11NO3/c10-6-4-7(11)9-8(6)2-1-3-12-5-8/h4,10H,1-3,5H2,(H,9,11). The summed E-state index contributed by atoms with van der Waals surface area (Å²) in [7, 11) is 0. The molecule has 66 valence electrons. The summed E-state index contributed by atoms with van der Waals surface area (Å²) in [5.74, 6) is -0.106. The van der Waals surface area contributed by atoms with E-state index in [2.05, 4.69) is 5.32 Å². The van der Waals surface area contributed by atoms with Gasteiger partial charge in [0.15, 0.2) is 0 Å². The van der Waals surface area contributed by atoms with E-state index in [0.29, 0.717) is 13.2 Å². The molecule has 1 spiro atoms. The maximum absolute atomic E-state index is 10.9. The molecule has 0 saturated carbocycles. The Morgan fingerprint density at radius 1 is 1.67 bits per heavy atom. The van der Waals surface area contributed by atoms with Gasteiger partial charge >= 0.3 is 0 Å². The molecule has 0 aromatic carbocycles. The van der Waals surface area contributed by atoms with Gasteiger partial charge in [-0.05, 0) is 12.8 Å². The predicted molar refractivity (Wildman–Crippen MR) is 41.6 cm³/mol. The van der Waals surface area contributed by atoms with Crippen LogP contribution in [0.15, 0.2) is 11.8 Å². The van der Waals surface area contributed by atoms with Crippen molar-refractivity contribution in [3.63, 3.8) is 0 Å². The summed E-state index contributed by atoms with van der Waals surface area (Å²) in [6, 6.07) is 0. The van der Waals surface area contributed by atoms with Gasteiger partial charge in [0.1, 0.15) is 11.3 Å². The Bertz CT molecular complexity index is 241. The van der Waals surface area contributed by atoms with E-state index in [1.54, 1.807) is 0 Å². The van der Waals surface area contributed by atoms with Crippen LogP contribution in [0.2, 0.25) is 0 Å². The van der Waals surface area contributed by atoms with Crippen molar-refractivity contribution in [2.45, 2.75) is 18.4 Å². The maximum Gasteiger partial charge on any atom is 0.248 e. The van der Waals surface area contributed by atoms with Crippen LogP contribution in [-0.2, 0) is 9.53 Å². The van der Waals surface area contributed by atoms with Gasteiger partial charge < -0.3 is 15.2 Å². The second-order valence-electron chi connectivity index (χ2n) is 3.26. The van der Waals surface area contributed by atoms with Gasteiger partial charge in [0.25, 0.3) is 0 Å². The van der Waals surface area contributed by atoms with Crippen LogP contribution in [0, 0.1) is 0 Å². The molecule has 2 N–H and O–H groups in total. The zero-order valence-corrected chi connectivity index (χ0v) is 6.67. The number of carbonyl (C=O) groups is 1. The van der Waals surface area contributed by atoms with Crippen LogP contribution in [0.4, 0.5) is 0 Å². The summed E-state index contributed by atoms with van der Waals surface area (Å²) >= 11 is 0. The first-order valence-electron chi connectivity index (χ1n) is 4.04. The third kappa shape index (κ3) is 0.992. The van der Waals surface area contributed by atoms with E-state index >= 15 is 0 Å². The largest absolute Gasteiger partial charge is 0.510 e. The molecule has 1 fully saturated rings. The van der Waals surface area contributed by atoms with E-state index in [9.17, 15) is 9.90 Å². The normalized spacial score (nSPS) is 35.0.